The van der Waals surface area contributed by atoms with E-state index < -0.39 is 36.2 Å². The minimum Gasteiger partial charge on any atom is -0.479 e. The number of imide groups is 1. The number of carbonyl (C=O) groups excluding carboxylic acids is 3. The van der Waals surface area contributed by atoms with E-state index in [1.165, 1.54) is 12.1 Å². The molecule has 0 aromatic heterocycles. The van der Waals surface area contributed by atoms with Crippen LogP contribution in [0.5, 0.6) is 5.75 Å². The van der Waals surface area contributed by atoms with Crippen LogP contribution in [0.15, 0.2) is 45.8 Å². The average Bonchev–Trinajstić information content (AvgIpc) is 2.96. The topological polar surface area (TPSA) is 113 Å². The number of carboxylic acid groups (broad SMARTS) is 1. The molecule has 2 N–H and O–H groups in total. The lowest BCUT2D eigenvalue weighted by Crippen LogP contribution is -2.36. The third kappa shape index (κ3) is 5.90. The quantitative estimate of drug-likeness (QED) is 0.496. The minimum atomic E-state index is -1.16. The number of halogens is 2. The fourth-order valence-corrected chi connectivity index (χ4v) is 4.53. The number of anilines is 1. The lowest BCUT2D eigenvalue weighted by Gasteiger charge is -2.12. The third-order valence-corrected chi connectivity index (χ3v) is 5.95. The zero-order valence-electron chi connectivity index (χ0n) is 16.6. The van der Waals surface area contributed by atoms with Crippen molar-refractivity contribution in [2.45, 2.75) is 6.92 Å². The van der Waals surface area contributed by atoms with Crippen molar-refractivity contribution in [1.82, 2.24) is 4.90 Å². The summed E-state index contributed by atoms with van der Waals surface area (Å²) < 4.78 is 5.51. The van der Waals surface area contributed by atoms with Gasteiger partial charge in [0.2, 0.25) is 5.91 Å². The molecule has 0 radical (unpaired) electrons. The predicted molar refractivity (Wildman–Crippen MR) is 125 cm³/mol. The molecule has 0 unspecified atom stereocenters. The summed E-state index contributed by atoms with van der Waals surface area (Å²) in [6.45, 7) is 0.935. The first-order valence-electron chi connectivity index (χ1n) is 9.09. The Hall–Kier alpha value is -2.82. The summed E-state index contributed by atoms with van der Waals surface area (Å²) in [6, 6.07) is 10.2. The molecule has 2 aromatic carbocycles. The van der Waals surface area contributed by atoms with Crippen molar-refractivity contribution in [3.63, 3.8) is 0 Å². The van der Waals surface area contributed by atoms with Crippen molar-refractivity contribution in [2.24, 2.45) is 0 Å². The number of nitrogens with zero attached hydrogens (tertiary/aromatic N) is 1. The molecule has 32 heavy (non-hydrogen) atoms. The van der Waals surface area contributed by atoms with Crippen LogP contribution in [0.4, 0.5) is 10.5 Å². The Bertz CT molecular complexity index is 1110. The summed E-state index contributed by atoms with van der Waals surface area (Å²) in [7, 11) is 0. The van der Waals surface area contributed by atoms with Gasteiger partial charge in [0.1, 0.15) is 6.54 Å². The Morgan fingerprint density at radius 3 is 2.56 bits per heavy atom. The fourth-order valence-electron chi connectivity index (χ4n) is 2.70. The van der Waals surface area contributed by atoms with Crippen LogP contribution in [0.1, 0.15) is 11.1 Å². The molecule has 0 aliphatic carbocycles. The molecule has 166 valence electrons. The van der Waals surface area contributed by atoms with Crippen LogP contribution >= 0.6 is 39.3 Å². The van der Waals surface area contributed by atoms with Gasteiger partial charge in [-0.2, -0.15) is 0 Å². The van der Waals surface area contributed by atoms with Crippen molar-refractivity contribution in [3.8, 4) is 5.75 Å². The number of amides is 3. The first kappa shape index (κ1) is 23.8. The number of ether oxygens (including phenoxy) is 1. The molecule has 1 aliphatic heterocycles. The van der Waals surface area contributed by atoms with E-state index in [1.54, 1.807) is 18.2 Å². The Kier molecular flexibility index (Phi) is 7.60. The van der Waals surface area contributed by atoms with Crippen molar-refractivity contribution < 1.29 is 29.0 Å². The number of aryl methyl sites for hydroxylation is 1. The minimum absolute atomic E-state index is 0.125. The van der Waals surface area contributed by atoms with E-state index >= 15 is 0 Å². The van der Waals surface area contributed by atoms with E-state index in [2.05, 4.69) is 21.2 Å². The van der Waals surface area contributed by atoms with Gasteiger partial charge in [-0.15, -0.1) is 0 Å². The number of nitrogens with one attached hydrogen (secondary N) is 1. The molecule has 0 atom stereocenters. The molecule has 0 saturated carbocycles. The van der Waals surface area contributed by atoms with Gasteiger partial charge in [-0.25, -0.2) is 4.79 Å². The summed E-state index contributed by atoms with van der Waals surface area (Å²) in [5.41, 5.74) is 2.08. The van der Waals surface area contributed by atoms with Crippen LogP contribution in [0, 0.1) is 6.92 Å². The second-order valence-corrected chi connectivity index (χ2v) is 8.93. The molecule has 1 fully saturated rings. The van der Waals surface area contributed by atoms with E-state index in [1.807, 2.05) is 19.1 Å². The molecule has 3 amide bonds. The zero-order valence-corrected chi connectivity index (χ0v) is 19.7. The smallest absolute Gasteiger partial charge is 0.341 e. The molecule has 8 nitrogen and oxygen atoms in total. The van der Waals surface area contributed by atoms with Gasteiger partial charge in [0.15, 0.2) is 12.4 Å². The number of thioether (sulfide) groups is 1. The second kappa shape index (κ2) is 10.2. The van der Waals surface area contributed by atoms with Crippen LogP contribution in [0.25, 0.3) is 6.08 Å². The van der Waals surface area contributed by atoms with Crippen LogP contribution in [-0.4, -0.2) is 46.2 Å². The largest absolute Gasteiger partial charge is 0.479 e. The molecular formula is C21H16BrClN2O6S. The number of hydrogen-bond donors (Lipinski definition) is 2. The van der Waals surface area contributed by atoms with Crippen LogP contribution in [0.3, 0.4) is 0 Å². The lowest BCUT2D eigenvalue weighted by molar-refractivity contribution is -0.139. The molecule has 2 aromatic rings. The van der Waals surface area contributed by atoms with Gasteiger partial charge in [-0.1, -0.05) is 29.3 Å². The summed E-state index contributed by atoms with van der Waals surface area (Å²) in [5, 5.41) is 11.0. The van der Waals surface area contributed by atoms with Crippen molar-refractivity contribution in [2.75, 3.05) is 18.5 Å². The number of benzene rings is 2. The van der Waals surface area contributed by atoms with Crippen LogP contribution in [-0.2, 0) is 14.4 Å². The standard InChI is InChI=1S/C21H16BrClN2O6S/c1-11-2-4-13(5-3-11)24-17(26)9-25-20(29)16(32-21(25)30)8-12-6-14(22)19(15(23)7-12)31-10-18(27)28/h2-8H,9-10H2,1H3,(H,24,26)(H,27,28)/b16-8+. The third-order valence-electron chi connectivity index (χ3n) is 4.17. The van der Waals surface area contributed by atoms with Crippen molar-refractivity contribution in [1.29, 1.82) is 0 Å². The zero-order chi connectivity index (χ0) is 23.4. The predicted octanol–water partition coefficient (Wildman–Crippen LogP) is 4.55. The number of hydrogen-bond acceptors (Lipinski definition) is 6. The van der Waals surface area contributed by atoms with Gasteiger partial charge in [-0.05, 0) is 70.5 Å². The number of carbonyl (C=O) groups is 4. The van der Waals surface area contributed by atoms with Gasteiger partial charge < -0.3 is 15.2 Å². The van der Waals surface area contributed by atoms with Gasteiger partial charge >= 0.3 is 5.97 Å². The Balaban J connectivity index is 1.71. The summed E-state index contributed by atoms with van der Waals surface area (Å²) in [6.07, 6.45) is 1.46. The SMILES string of the molecule is Cc1ccc(NC(=O)CN2C(=O)S/C(=C/c3cc(Cl)c(OCC(=O)O)c(Br)c3)C2=O)cc1. The summed E-state index contributed by atoms with van der Waals surface area (Å²) in [5.74, 6) is -2.11. The normalized spacial score (nSPS) is 14.7. The number of rotatable bonds is 7. The summed E-state index contributed by atoms with van der Waals surface area (Å²) >= 11 is 10.1. The highest BCUT2D eigenvalue weighted by Gasteiger charge is 2.36. The molecule has 3 rings (SSSR count). The second-order valence-electron chi connectivity index (χ2n) is 6.68. The Labute approximate surface area is 200 Å². The van der Waals surface area contributed by atoms with E-state index in [0.29, 0.717) is 27.5 Å². The van der Waals surface area contributed by atoms with Crippen molar-refractivity contribution >= 4 is 74.1 Å². The molecule has 1 saturated heterocycles. The first-order chi connectivity index (χ1) is 15.1. The van der Waals surface area contributed by atoms with E-state index in [-0.39, 0.29) is 15.7 Å². The van der Waals surface area contributed by atoms with Gasteiger partial charge in [-0.3, -0.25) is 19.3 Å². The lowest BCUT2D eigenvalue weighted by atomic mass is 10.2. The van der Waals surface area contributed by atoms with Gasteiger partial charge in [0, 0.05) is 5.69 Å². The highest BCUT2D eigenvalue weighted by molar-refractivity contribution is 9.10. The van der Waals surface area contributed by atoms with Gasteiger partial charge in [0.05, 0.1) is 14.4 Å². The van der Waals surface area contributed by atoms with E-state index in [0.717, 1.165) is 10.5 Å². The molecule has 1 heterocycles. The Morgan fingerprint density at radius 2 is 1.94 bits per heavy atom. The Morgan fingerprint density at radius 1 is 1.25 bits per heavy atom. The molecule has 0 spiro atoms. The molecule has 11 heteroatoms. The average molecular weight is 540 g/mol. The fraction of sp³-hybridized carbons (Fsp3) is 0.143. The number of carboxylic acids is 1. The molecule has 0 bridgehead atoms. The maximum Gasteiger partial charge on any atom is 0.341 e. The van der Waals surface area contributed by atoms with Crippen LogP contribution < -0.4 is 10.1 Å². The van der Waals surface area contributed by atoms with Gasteiger partial charge in [0.25, 0.3) is 11.1 Å². The number of aliphatic carboxylic acids is 1. The highest BCUT2D eigenvalue weighted by atomic mass is 79.9. The van der Waals surface area contributed by atoms with E-state index in [9.17, 15) is 19.2 Å². The first-order valence-corrected chi connectivity index (χ1v) is 11.1. The van der Waals surface area contributed by atoms with Crippen LogP contribution in [0.2, 0.25) is 5.02 Å². The monoisotopic (exact) mass is 538 g/mol. The molecular weight excluding hydrogens is 524 g/mol. The highest BCUT2D eigenvalue weighted by Crippen LogP contribution is 2.37. The maximum atomic E-state index is 12.7. The van der Waals surface area contributed by atoms with E-state index in [4.69, 9.17) is 21.4 Å². The maximum absolute atomic E-state index is 12.7. The molecule has 1 aliphatic rings. The summed E-state index contributed by atoms with van der Waals surface area (Å²) in [4.78, 5) is 48.9. The van der Waals surface area contributed by atoms with Crippen molar-refractivity contribution in [3.05, 3.63) is 61.9 Å².